The van der Waals surface area contributed by atoms with Gasteiger partial charge in [0.2, 0.25) is 0 Å². The molecule has 0 N–H and O–H groups in total. The van der Waals surface area contributed by atoms with Gasteiger partial charge in [-0.2, -0.15) is 0 Å². The SMILES string of the molecule is FCCOCc1cccnc1N1CCN(C[C@H]2COc3ccccc3O2)CC1. The second-order valence-corrected chi connectivity index (χ2v) is 7.01. The fourth-order valence-corrected chi connectivity index (χ4v) is 3.65. The molecule has 0 aliphatic carbocycles. The van der Waals surface area contributed by atoms with Gasteiger partial charge in [0.15, 0.2) is 11.5 Å². The highest BCUT2D eigenvalue weighted by molar-refractivity contribution is 5.47. The van der Waals surface area contributed by atoms with Crippen LogP contribution >= 0.6 is 0 Å². The van der Waals surface area contributed by atoms with E-state index < -0.39 is 6.67 Å². The lowest BCUT2D eigenvalue weighted by Crippen LogP contribution is -2.51. The van der Waals surface area contributed by atoms with Crippen LogP contribution in [0.2, 0.25) is 0 Å². The van der Waals surface area contributed by atoms with Gasteiger partial charge in [0.25, 0.3) is 0 Å². The first kappa shape index (κ1) is 19.0. The van der Waals surface area contributed by atoms with Crippen LogP contribution in [0.4, 0.5) is 10.2 Å². The molecule has 7 heteroatoms. The first-order valence-corrected chi connectivity index (χ1v) is 9.77. The summed E-state index contributed by atoms with van der Waals surface area (Å²) in [6, 6.07) is 11.7. The molecule has 4 rings (SSSR count). The van der Waals surface area contributed by atoms with Crippen LogP contribution in [0.3, 0.4) is 0 Å². The number of piperazine rings is 1. The summed E-state index contributed by atoms with van der Waals surface area (Å²) in [6.45, 7) is 5.10. The Hall–Kier alpha value is -2.38. The van der Waals surface area contributed by atoms with E-state index in [0.29, 0.717) is 13.2 Å². The number of hydrogen-bond donors (Lipinski definition) is 0. The fourth-order valence-electron chi connectivity index (χ4n) is 3.65. The number of anilines is 1. The average Bonchev–Trinajstić information content (AvgIpc) is 2.75. The van der Waals surface area contributed by atoms with Gasteiger partial charge in [-0.3, -0.25) is 4.90 Å². The smallest absolute Gasteiger partial charge is 0.161 e. The van der Waals surface area contributed by atoms with Crippen molar-refractivity contribution >= 4 is 5.82 Å². The summed E-state index contributed by atoms with van der Waals surface area (Å²) in [7, 11) is 0. The molecular weight excluding hydrogens is 361 g/mol. The van der Waals surface area contributed by atoms with Gasteiger partial charge in [0, 0.05) is 44.5 Å². The molecule has 2 aliphatic rings. The number of alkyl halides is 1. The summed E-state index contributed by atoms with van der Waals surface area (Å²) < 4.78 is 29.6. The van der Waals surface area contributed by atoms with Crippen molar-refractivity contribution < 1.29 is 18.6 Å². The molecule has 0 radical (unpaired) electrons. The molecular formula is C21H26FN3O3. The van der Waals surface area contributed by atoms with Crippen LogP contribution in [0, 0.1) is 0 Å². The van der Waals surface area contributed by atoms with Crippen molar-refractivity contribution in [2.45, 2.75) is 12.7 Å². The summed E-state index contributed by atoms with van der Waals surface area (Å²) in [4.78, 5) is 9.22. The first-order valence-electron chi connectivity index (χ1n) is 9.77. The lowest BCUT2D eigenvalue weighted by atomic mass is 10.2. The molecule has 2 aliphatic heterocycles. The quantitative estimate of drug-likeness (QED) is 0.681. The number of pyridine rings is 1. The molecule has 0 amide bonds. The molecule has 0 spiro atoms. The fraction of sp³-hybridized carbons (Fsp3) is 0.476. The number of aromatic nitrogens is 1. The zero-order valence-corrected chi connectivity index (χ0v) is 15.9. The molecule has 0 unspecified atom stereocenters. The van der Waals surface area contributed by atoms with E-state index in [1.807, 2.05) is 36.4 Å². The molecule has 28 heavy (non-hydrogen) atoms. The number of rotatable bonds is 7. The van der Waals surface area contributed by atoms with E-state index in [-0.39, 0.29) is 12.7 Å². The summed E-state index contributed by atoms with van der Waals surface area (Å²) >= 11 is 0. The van der Waals surface area contributed by atoms with Crippen LogP contribution in [-0.4, -0.2) is 68.6 Å². The Bertz CT molecular complexity index is 768. The third-order valence-corrected chi connectivity index (χ3v) is 5.05. The Morgan fingerprint density at radius 2 is 1.89 bits per heavy atom. The van der Waals surface area contributed by atoms with E-state index in [0.717, 1.165) is 55.6 Å². The second kappa shape index (κ2) is 9.21. The van der Waals surface area contributed by atoms with Crippen molar-refractivity contribution in [1.29, 1.82) is 0 Å². The molecule has 2 aromatic rings. The van der Waals surface area contributed by atoms with Gasteiger partial charge in [-0.15, -0.1) is 0 Å². The minimum Gasteiger partial charge on any atom is -0.486 e. The molecule has 0 bridgehead atoms. The number of benzene rings is 1. The predicted molar refractivity (Wildman–Crippen MR) is 105 cm³/mol. The number of hydrogen-bond acceptors (Lipinski definition) is 6. The normalized spacial score (nSPS) is 19.6. The van der Waals surface area contributed by atoms with Crippen molar-refractivity contribution in [3.05, 3.63) is 48.2 Å². The molecule has 1 atom stereocenters. The molecule has 6 nitrogen and oxygen atoms in total. The Morgan fingerprint density at radius 1 is 1.07 bits per heavy atom. The van der Waals surface area contributed by atoms with Gasteiger partial charge < -0.3 is 19.1 Å². The van der Waals surface area contributed by atoms with E-state index in [1.165, 1.54) is 0 Å². The van der Waals surface area contributed by atoms with Gasteiger partial charge in [-0.1, -0.05) is 18.2 Å². The lowest BCUT2D eigenvalue weighted by molar-refractivity contribution is 0.0570. The van der Waals surface area contributed by atoms with Gasteiger partial charge in [0.05, 0.1) is 13.2 Å². The Kier molecular flexibility index (Phi) is 6.24. The molecule has 1 aromatic carbocycles. The standard InChI is InChI=1S/C21H26FN3O3/c22-7-13-26-15-17-4-3-8-23-21(17)25-11-9-24(10-12-25)14-18-16-27-19-5-1-2-6-20(19)28-18/h1-6,8,18H,7,9-16H2/t18-/m0/s1. The summed E-state index contributed by atoms with van der Waals surface area (Å²) in [5.41, 5.74) is 1.00. The average molecular weight is 387 g/mol. The molecule has 0 saturated carbocycles. The van der Waals surface area contributed by atoms with Crippen LogP contribution in [0.5, 0.6) is 11.5 Å². The van der Waals surface area contributed by atoms with Gasteiger partial charge in [-0.05, 0) is 18.2 Å². The van der Waals surface area contributed by atoms with Crippen molar-refractivity contribution in [2.75, 3.05) is 57.5 Å². The Balaban J connectivity index is 1.30. The molecule has 1 fully saturated rings. The summed E-state index contributed by atoms with van der Waals surface area (Å²) in [5.74, 6) is 2.58. The minimum atomic E-state index is -0.467. The second-order valence-electron chi connectivity index (χ2n) is 7.01. The number of nitrogens with zero attached hydrogens (tertiary/aromatic N) is 3. The minimum absolute atomic E-state index is 0.0426. The number of ether oxygens (including phenoxy) is 3. The van der Waals surface area contributed by atoms with Gasteiger partial charge in [0.1, 0.15) is 25.2 Å². The highest BCUT2D eigenvalue weighted by Crippen LogP contribution is 2.31. The number of halogens is 1. The van der Waals surface area contributed by atoms with Gasteiger partial charge >= 0.3 is 0 Å². The first-order chi connectivity index (χ1) is 13.8. The van der Waals surface area contributed by atoms with Crippen LogP contribution in [0.15, 0.2) is 42.6 Å². The van der Waals surface area contributed by atoms with Crippen molar-refractivity contribution in [3.63, 3.8) is 0 Å². The molecule has 1 aromatic heterocycles. The molecule has 3 heterocycles. The summed E-state index contributed by atoms with van der Waals surface area (Å²) in [6.07, 6.45) is 1.84. The highest BCUT2D eigenvalue weighted by Gasteiger charge is 2.26. The molecule has 1 saturated heterocycles. The maximum Gasteiger partial charge on any atom is 0.161 e. The Morgan fingerprint density at radius 3 is 2.71 bits per heavy atom. The van der Waals surface area contributed by atoms with E-state index in [1.54, 1.807) is 6.20 Å². The number of fused-ring (bicyclic) bond motifs is 1. The van der Waals surface area contributed by atoms with Crippen LogP contribution < -0.4 is 14.4 Å². The van der Waals surface area contributed by atoms with Crippen LogP contribution in [0.1, 0.15) is 5.56 Å². The van der Waals surface area contributed by atoms with Crippen molar-refractivity contribution in [3.8, 4) is 11.5 Å². The predicted octanol–water partition coefficient (Wildman–Crippen LogP) is 2.53. The third kappa shape index (κ3) is 4.54. The zero-order valence-electron chi connectivity index (χ0n) is 15.9. The Labute approximate surface area is 164 Å². The third-order valence-electron chi connectivity index (χ3n) is 5.05. The zero-order chi connectivity index (χ0) is 19.2. The highest BCUT2D eigenvalue weighted by atomic mass is 19.1. The summed E-state index contributed by atoms with van der Waals surface area (Å²) in [5, 5.41) is 0. The topological polar surface area (TPSA) is 47.1 Å². The van der Waals surface area contributed by atoms with Crippen molar-refractivity contribution in [1.82, 2.24) is 9.88 Å². The lowest BCUT2D eigenvalue weighted by Gasteiger charge is -2.38. The van der Waals surface area contributed by atoms with Crippen LogP contribution in [0.25, 0.3) is 0 Å². The monoisotopic (exact) mass is 387 g/mol. The maximum atomic E-state index is 12.3. The van der Waals surface area contributed by atoms with E-state index in [4.69, 9.17) is 14.2 Å². The van der Waals surface area contributed by atoms with E-state index in [2.05, 4.69) is 14.8 Å². The van der Waals surface area contributed by atoms with E-state index >= 15 is 0 Å². The van der Waals surface area contributed by atoms with Crippen molar-refractivity contribution in [2.24, 2.45) is 0 Å². The maximum absolute atomic E-state index is 12.3. The largest absolute Gasteiger partial charge is 0.486 e. The van der Waals surface area contributed by atoms with Crippen LogP contribution in [-0.2, 0) is 11.3 Å². The van der Waals surface area contributed by atoms with E-state index in [9.17, 15) is 4.39 Å². The van der Waals surface area contributed by atoms with Gasteiger partial charge in [-0.25, -0.2) is 9.37 Å². The molecule has 150 valence electrons. The number of para-hydroxylation sites is 2.